The van der Waals surface area contributed by atoms with Crippen LogP contribution in [0.25, 0.3) is 17.0 Å². The second kappa shape index (κ2) is 10.6. The largest absolute Gasteiger partial charge is 0.467 e. The molecule has 2 heterocycles. The summed E-state index contributed by atoms with van der Waals surface area (Å²) in [5.74, 6) is 1.22. The summed E-state index contributed by atoms with van der Waals surface area (Å²) in [5.41, 5.74) is 2.56. The van der Waals surface area contributed by atoms with Crippen LogP contribution < -0.4 is 10.2 Å². The lowest BCUT2D eigenvalue weighted by atomic mass is 9.91. The Labute approximate surface area is 198 Å². The number of carbonyl (C=O) groups is 1. The summed E-state index contributed by atoms with van der Waals surface area (Å²) >= 11 is 0. The molecule has 7 heteroatoms. The molecule has 3 aromatic rings. The maximum absolute atomic E-state index is 13.1. The Bertz CT molecular complexity index is 1230. The third-order valence-electron chi connectivity index (χ3n) is 6.19. The molecule has 0 spiro atoms. The van der Waals surface area contributed by atoms with Gasteiger partial charge in [-0.25, -0.2) is 4.79 Å². The highest BCUT2D eigenvalue weighted by molar-refractivity contribution is 5.88. The Hall–Kier alpha value is -3.58. The fraction of sp³-hybridized carbons (Fsp3) is 0.333. The molecule has 0 unspecified atom stereocenters. The summed E-state index contributed by atoms with van der Waals surface area (Å²) in [6.07, 6.45) is 2.66. The lowest BCUT2D eigenvalue weighted by Gasteiger charge is -2.31. The van der Waals surface area contributed by atoms with Crippen molar-refractivity contribution >= 4 is 23.1 Å². The number of amides is 1. The summed E-state index contributed by atoms with van der Waals surface area (Å²) in [6.45, 7) is 7.06. The molecular weight excluding hydrogens is 434 g/mol. The van der Waals surface area contributed by atoms with Crippen molar-refractivity contribution in [2.24, 2.45) is 0 Å². The van der Waals surface area contributed by atoms with Crippen molar-refractivity contribution in [1.82, 2.24) is 4.90 Å². The van der Waals surface area contributed by atoms with E-state index in [0.717, 1.165) is 5.56 Å². The molecule has 0 bridgehead atoms. The number of piperidine rings is 1. The van der Waals surface area contributed by atoms with Gasteiger partial charge in [0.25, 0.3) is 0 Å². The van der Waals surface area contributed by atoms with Gasteiger partial charge in [0.2, 0.25) is 0 Å². The number of hydrogen-bond acceptors (Lipinski definition) is 6. The molecule has 0 aliphatic carbocycles. The molecule has 1 saturated heterocycles. The maximum atomic E-state index is 13.1. The average Bonchev–Trinajstić information content (AvgIpc) is 2.88. The SMILES string of the molecule is C=Cc1c(OCOC)ccc2c(=O)c(C)c(C3CCN(C(=O)OCc4ccccc4)CC3)oc12. The summed E-state index contributed by atoms with van der Waals surface area (Å²) < 4.78 is 22.4. The molecule has 1 fully saturated rings. The van der Waals surface area contributed by atoms with Crippen LogP contribution in [-0.4, -0.2) is 38.0 Å². The Kier molecular flexibility index (Phi) is 7.33. The van der Waals surface area contributed by atoms with E-state index in [1.807, 2.05) is 30.3 Å². The predicted molar refractivity (Wildman–Crippen MR) is 130 cm³/mol. The highest BCUT2D eigenvalue weighted by Gasteiger charge is 2.29. The van der Waals surface area contributed by atoms with E-state index in [2.05, 4.69) is 6.58 Å². The topological polar surface area (TPSA) is 78.2 Å². The Morgan fingerprint density at radius 1 is 1.18 bits per heavy atom. The first-order valence-corrected chi connectivity index (χ1v) is 11.3. The highest BCUT2D eigenvalue weighted by Crippen LogP contribution is 2.35. The van der Waals surface area contributed by atoms with E-state index in [4.69, 9.17) is 18.6 Å². The van der Waals surface area contributed by atoms with Crippen LogP contribution >= 0.6 is 0 Å². The number of benzene rings is 2. The van der Waals surface area contributed by atoms with Crippen molar-refractivity contribution in [3.05, 3.63) is 81.7 Å². The molecule has 34 heavy (non-hydrogen) atoms. The maximum Gasteiger partial charge on any atom is 0.410 e. The van der Waals surface area contributed by atoms with E-state index in [-0.39, 0.29) is 30.8 Å². The zero-order valence-corrected chi connectivity index (χ0v) is 19.5. The lowest BCUT2D eigenvalue weighted by molar-refractivity contribution is 0.0510. The van der Waals surface area contributed by atoms with Crippen LogP contribution in [0.1, 0.15) is 41.2 Å². The third kappa shape index (κ3) is 4.84. The van der Waals surface area contributed by atoms with Crippen LogP contribution in [0.15, 0.2) is 58.3 Å². The molecule has 178 valence electrons. The first-order chi connectivity index (χ1) is 16.5. The lowest BCUT2D eigenvalue weighted by Crippen LogP contribution is -2.38. The fourth-order valence-corrected chi connectivity index (χ4v) is 4.34. The van der Waals surface area contributed by atoms with Crippen molar-refractivity contribution in [2.45, 2.75) is 32.3 Å². The standard InChI is InChI=1S/C27H29NO6/c1-4-21-23(33-17-31-3)11-10-22-24(29)18(2)25(34-26(21)22)20-12-14-28(15-13-20)27(30)32-16-19-8-6-5-7-9-19/h4-11,20H,1,12-17H2,2-3H3. The number of likely N-dealkylation sites (tertiary alicyclic amines) is 1. The van der Waals surface area contributed by atoms with Crippen molar-refractivity contribution in [2.75, 3.05) is 27.0 Å². The Morgan fingerprint density at radius 2 is 1.91 bits per heavy atom. The quantitative estimate of drug-likeness (QED) is 0.446. The van der Waals surface area contributed by atoms with E-state index in [1.54, 1.807) is 37.1 Å². The molecule has 4 rings (SSSR count). The summed E-state index contributed by atoms with van der Waals surface area (Å²) in [6, 6.07) is 13.0. The molecule has 1 aliphatic rings. The van der Waals surface area contributed by atoms with Crippen molar-refractivity contribution < 1.29 is 23.4 Å². The molecular formula is C27H29NO6. The highest BCUT2D eigenvalue weighted by atomic mass is 16.7. The van der Waals surface area contributed by atoms with Gasteiger partial charge in [-0.3, -0.25) is 4.79 Å². The van der Waals surface area contributed by atoms with E-state index >= 15 is 0 Å². The third-order valence-corrected chi connectivity index (χ3v) is 6.19. The van der Waals surface area contributed by atoms with Crippen LogP contribution in [0.5, 0.6) is 5.75 Å². The number of methoxy groups -OCH3 is 1. The van der Waals surface area contributed by atoms with Crippen LogP contribution in [-0.2, 0) is 16.1 Å². The molecule has 7 nitrogen and oxygen atoms in total. The summed E-state index contributed by atoms with van der Waals surface area (Å²) in [7, 11) is 1.54. The number of fused-ring (bicyclic) bond motifs is 1. The van der Waals surface area contributed by atoms with E-state index in [1.165, 1.54) is 0 Å². The first kappa shape index (κ1) is 23.6. The monoisotopic (exact) mass is 463 g/mol. The molecule has 0 radical (unpaired) electrons. The number of hydrogen-bond donors (Lipinski definition) is 0. The number of carbonyl (C=O) groups excluding carboxylic acids is 1. The predicted octanol–water partition coefficient (Wildman–Crippen LogP) is 5.24. The van der Waals surface area contributed by atoms with Gasteiger partial charge in [-0.15, -0.1) is 0 Å². The van der Waals surface area contributed by atoms with Crippen molar-refractivity contribution in [3.8, 4) is 5.75 Å². The second-order valence-corrected chi connectivity index (χ2v) is 8.33. The molecule has 1 aliphatic heterocycles. The van der Waals surface area contributed by atoms with Gasteiger partial charge in [0.05, 0.1) is 10.9 Å². The summed E-state index contributed by atoms with van der Waals surface area (Å²) in [5, 5.41) is 0.489. The normalized spacial score (nSPS) is 14.2. The van der Waals surface area contributed by atoms with E-state index in [9.17, 15) is 9.59 Å². The van der Waals surface area contributed by atoms with Crippen LogP contribution in [0.4, 0.5) is 4.79 Å². The van der Waals surface area contributed by atoms with Crippen LogP contribution in [0, 0.1) is 6.92 Å². The van der Waals surface area contributed by atoms with Gasteiger partial charge >= 0.3 is 6.09 Å². The smallest absolute Gasteiger partial charge is 0.410 e. The second-order valence-electron chi connectivity index (χ2n) is 8.33. The van der Waals surface area contributed by atoms with Crippen molar-refractivity contribution in [3.63, 3.8) is 0 Å². The van der Waals surface area contributed by atoms with Gasteiger partial charge in [-0.05, 0) is 37.5 Å². The van der Waals surface area contributed by atoms with E-state index < -0.39 is 0 Å². The average molecular weight is 464 g/mol. The zero-order valence-electron chi connectivity index (χ0n) is 19.5. The molecule has 1 amide bonds. The zero-order chi connectivity index (χ0) is 24.1. The van der Waals surface area contributed by atoms with Gasteiger partial charge in [-0.2, -0.15) is 0 Å². The van der Waals surface area contributed by atoms with Gasteiger partial charge in [0.1, 0.15) is 23.7 Å². The van der Waals surface area contributed by atoms with Gasteiger partial charge in [0.15, 0.2) is 12.2 Å². The number of rotatable bonds is 7. The van der Waals surface area contributed by atoms with Gasteiger partial charge < -0.3 is 23.5 Å². The minimum absolute atomic E-state index is 0.0245. The Morgan fingerprint density at radius 3 is 2.59 bits per heavy atom. The van der Waals surface area contributed by atoms with Gasteiger partial charge in [-0.1, -0.05) is 43.0 Å². The summed E-state index contributed by atoms with van der Waals surface area (Å²) in [4.78, 5) is 27.4. The minimum Gasteiger partial charge on any atom is -0.467 e. The Balaban J connectivity index is 1.51. The molecule has 2 aromatic carbocycles. The van der Waals surface area contributed by atoms with Crippen molar-refractivity contribution in [1.29, 1.82) is 0 Å². The van der Waals surface area contributed by atoms with Gasteiger partial charge in [0, 0.05) is 31.7 Å². The fourth-order valence-electron chi connectivity index (χ4n) is 4.34. The minimum atomic E-state index is -0.326. The van der Waals surface area contributed by atoms with Crippen LogP contribution in [0.3, 0.4) is 0 Å². The first-order valence-electron chi connectivity index (χ1n) is 11.3. The van der Waals surface area contributed by atoms with E-state index in [0.29, 0.717) is 59.5 Å². The molecule has 1 aromatic heterocycles. The number of ether oxygens (including phenoxy) is 3. The molecule has 0 saturated carbocycles. The molecule has 0 atom stereocenters. The number of nitrogens with zero attached hydrogens (tertiary/aromatic N) is 1. The van der Waals surface area contributed by atoms with Crippen LogP contribution in [0.2, 0.25) is 0 Å². The molecule has 0 N–H and O–H groups in total.